The van der Waals surface area contributed by atoms with Gasteiger partial charge in [0.15, 0.2) is 0 Å². The molecule has 19 heavy (non-hydrogen) atoms. The molecule has 0 radical (unpaired) electrons. The monoisotopic (exact) mass is 322 g/mol. The van der Waals surface area contributed by atoms with E-state index >= 15 is 0 Å². The van der Waals surface area contributed by atoms with Gasteiger partial charge in [-0.15, -0.1) is 0 Å². The van der Waals surface area contributed by atoms with Crippen molar-refractivity contribution in [3.05, 3.63) is 64.1 Å². The number of nitrogens with two attached hydrogens (primary N) is 1. The third kappa shape index (κ3) is 4.11. The molecule has 0 spiro atoms. The second-order valence-electron chi connectivity index (χ2n) is 4.57. The lowest BCUT2D eigenvalue weighted by Gasteiger charge is -2.14. The van der Waals surface area contributed by atoms with Gasteiger partial charge in [-0.05, 0) is 65.0 Å². The Bertz CT molecular complexity index is 528. The van der Waals surface area contributed by atoms with Crippen molar-refractivity contribution in [2.24, 2.45) is 11.7 Å². The number of aromatic nitrogens is 1. The molecule has 1 heterocycles. The highest BCUT2D eigenvalue weighted by atomic mass is 79.9. The van der Waals surface area contributed by atoms with E-state index in [-0.39, 0.29) is 11.7 Å². The Morgan fingerprint density at radius 2 is 1.95 bits per heavy atom. The van der Waals surface area contributed by atoms with E-state index in [9.17, 15) is 4.39 Å². The van der Waals surface area contributed by atoms with E-state index in [1.54, 1.807) is 12.3 Å². The first-order chi connectivity index (χ1) is 9.19. The number of pyridine rings is 1. The van der Waals surface area contributed by atoms with E-state index in [2.05, 4.69) is 20.9 Å². The van der Waals surface area contributed by atoms with Crippen molar-refractivity contribution in [1.29, 1.82) is 0 Å². The van der Waals surface area contributed by atoms with Gasteiger partial charge >= 0.3 is 0 Å². The first-order valence-corrected chi connectivity index (χ1v) is 7.02. The van der Waals surface area contributed by atoms with Crippen molar-refractivity contribution < 1.29 is 4.39 Å². The maximum absolute atomic E-state index is 13.6. The van der Waals surface area contributed by atoms with Crippen molar-refractivity contribution >= 4 is 15.9 Å². The third-order valence-electron chi connectivity index (χ3n) is 3.09. The molecule has 1 atom stereocenters. The molecule has 0 aliphatic carbocycles. The lowest BCUT2D eigenvalue weighted by atomic mass is 9.94. The first-order valence-electron chi connectivity index (χ1n) is 6.23. The highest BCUT2D eigenvalue weighted by Crippen LogP contribution is 2.16. The summed E-state index contributed by atoms with van der Waals surface area (Å²) in [6, 6.07) is 10.8. The SMILES string of the molecule is NCC(Cc1ccc(Br)cn1)Cc1ccccc1F. The topological polar surface area (TPSA) is 38.9 Å². The molecule has 100 valence electrons. The van der Waals surface area contributed by atoms with Gasteiger partial charge in [0.05, 0.1) is 0 Å². The predicted octanol–water partition coefficient (Wildman–Crippen LogP) is 3.34. The second-order valence-corrected chi connectivity index (χ2v) is 5.48. The molecule has 1 aromatic carbocycles. The van der Waals surface area contributed by atoms with Crippen LogP contribution in [0.3, 0.4) is 0 Å². The zero-order valence-electron chi connectivity index (χ0n) is 10.5. The van der Waals surface area contributed by atoms with Gasteiger partial charge in [0.1, 0.15) is 5.82 Å². The van der Waals surface area contributed by atoms with Crippen molar-refractivity contribution in [2.45, 2.75) is 12.8 Å². The molecule has 0 bridgehead atoms. The van der Waals surface area contributed by atoms with Crippen molar-refractivity contribution in [1.82, 2.24) is 4.98 Å². The largest absolute Gasteiger partial charge is 0.330 e. The summed E-state index contributed by atoms with van der Waals surface area (Å²) in [6.45, 7) is 0.520. The minimum absolute atomic E-state index is 0.162. The molecule has 1 unspecified atom stereocenters. The molecule has 2 aromatic rings. The molecule has 2 rings (SSSR count). The van der Waals surface area contributed by atoms with E-state index in [0.717, 1.165) is 22.2 Å². The number of nitrogens with zero attached hydrogens (tertiary/aromatic N) is 1. The van der Waals surface area contributed by atoms with Gasteiger partial charge in [-0.2, -0.15) is 0 Å². The fraction of sp³-hybridized carbons (Fsp3) is 0.267. The van der Waals surface area contributed by atoms with Gasteiger partial charge in [0.2, 0.25) is 0 Å². The Hall–Kier alpha value is -1.26. The Kier molecular flexibility index (Phi) is 5.05. The van der Waals surface area contributed by atoms with Crippen LogP contribution < -0.4 is 5.73 Å². The molecule has 1 aromatic heterocycles. The van der Waals surface area contributed by atoms with E-state index in [0.29, 0.717) is 13.0 Å². The molecule has 4 heteroatoms. The summed E-state index contributed by atoms with van der Waals surface area (Å²) in [5, 5.41) is 0. The van der Waals surface area contributed by atoms with Gasteiger partial charge in [0.25, 0.3) is 0 Å². The minimum atomic E-state index is -0.162. The average molecular weight is 323 g/mol. The fourth-order valence-electron chi connectivity index (χ4n) is 2.04. The summed E-state index contributed by atoms with van der Waals surface area (Å²) >= 11 is 3.36. The molecular formula is C15H16BrFN2. The summed E-state index contributed by atoms with van der Waals surface area (Å²) in [7, 11) is 0. The maximum Gasteiger partial charge on any atom is 0.126 e. The van der Waals surface area contributed by atoms with Gasteiger partial charge < -0.3 is 5.73 Å². The van der Waals surface area contributed by atoms with Crippen molar-refractivity contribution in [3.63, 3.8) is 0 Å². The molecule has 2 N–H and O–H groups in total. The van der Waals surface area contributed by atoms with Crippen LogP contribution in [0.25, 0.3) is 0 Å². The molecule has 0 amide bonds. The zero-order chi connectivity index (χ0) is 13.7. The Balaban J connectivity index is 2.05. The van der Waals surface area contributed by atoms with Gasteiger partial charge in [-0.25, -0.2) is 4.39 Å². The van der Waals surface area contributed by atoms with Crippen LogP contribution in [0.1, 0.15) is 11.3 Å². The lowest BCUT2D eigenvalue weighted by molar-refractivity contribution is 0.507. The van der Waals surface area contributed by atoms with Crippen LogP contribution in [0.5, 0.6) is 0 Å². The number of hydrogen-bond acceptors (Lipinski definition) is 2. The van der Waals surface area contributed by atoms with Crippen LogP contribution >= 0.6 is 15.9 Å². The van der Waals surface area contributed by atoms with Crippen LogP contribution in [-0.4, -0.2) is 11.5 Å². The summed E-state index contributed by atoms with van der Waals surface area (Å²) in [5.41, 5.74) is 7.49. The normalized spacial score (nSPS) is 12.4. The molecule has 0 saturated carbocycles. The summed E-state index contributed by atoms with van der Waals surface area (Å²) in [4.78, 5) is 4.33. The Labute approximate surface area is 121 Å². The number of rotatable bonds is 5. The molecular weight excluding hydrogens is 307 g/mol. The Morgan fingerprint density at radius 3 is 2.58 bits per heavy atom. The molecule has 2 nitrogen and oxygen atoms in total. The molecule has 0 aliphatic rings. The second kappa shape index (κ2) is 6.78. The van der Waals surface area contributed by atoms with Gasteiger partial charge in [-0.1, -0.05) is 18.2 Å². The summed E-state index contributed by atoms with van der Waals surface area (Å²) in [5.74, 6) is 0.0373. The highest BCUT2D eigenvalue weighted by molar-refractivity contribution is 9.10. The maximum atomic E-state index is 13.6. The van der Waals surface area contributed by atoms with E-state index in [4.69, 9.17) is 5.73 Å². The molecule has 0 fully saturated rings. The van der Waals surface area contributed by atoms with E-state index in [1.807, 2.05) is 24.3 Å². The Morgan fingerprint density at radius 1 is 1.16 bits per heavy atom. The van der Waals surface area contributed by atoms with Gasteiger partial charge in [0, 0.05) is 16.4 Å². The zero-order valence-corrected chi connectivity index (χ0v) is 12.1. The van der Waals surface area contributed by atoms with Crippen LogP contribution in [0.4, 0.5) is 4.39 Å². The summed E-state index contributed by atoms with van der Waals surface area (Å²) in [6.07, 6.45) is 3.17. The average Bonchev–Trinajstić information content (AvgIpc) is 2.43. The van der Waals surface area contributed by atoms with Crippen molar-refractivity contribution in [3.8, 4) is 0 Å². The number of hydrogen-bond donors (Lipinski definition) is 1. The predicted molar refractivity (Wildman–Crippen MR) is 78.3 cm³/mol. The van der Waals surface area contributed by atoms with Crippen LogP contribution in [0, 0.1) is 11.7 Å². The molecule has 0 saturated heterocycles. The quantitative estimate of drug-likeness (QED) is 0.916. The number of halogens is 2. The highest BCUT2D eigenvalue weighted by Gasteiger charge is 2.12. The fourth-order valence-corrected chi connectivity index (χ4v) is 2.27. The first kappa shape index (κ1) is 14.2. The lowest BCUT2D eigenvalue weighted by Crippen LogP contribution is -2.20. The summed E-state index contributed by atoms with van der Waals surface area (Å²) < 4.78 is 14.6. The van der Waals surface area contributed by atoms with E-state index < -0.39 is 0 Å². The van der Waals surface area contributed by atoms with Crippen LogP contribution in [0.15, 0.2) is 47.1 Å². The smallest absolute Gasteiger partial charge is 0.126 e. The standard InChI is InChI=1S/C15H16BrFN2/c16-13-5-6-14(19-10-13)8-11(9-18)7-12-3-1-2-4-15(12)17/h1-6,10-11H,7-9,18H2. The number of benzene rings is 1. The third-order valence-corrected chi connectivity index (χ3v) is 3.56. The van der Waals surface area contributed by atoms with Gasteiger partial charge in [-0.3, -0.25) is 4.98 Å². The van der Waals surface area contributed by atoms with Crippen LogP contribution in [-0.2, 0) is 12.8 Å². The van der Waals surface area contributed by atoms with Crippen LogP contribution in [0.2, 0.25) is 0 Å². The molecule has 0 aliphatic heterocycles. The van der Waals surface area contributed by atoms with E-state index in [1.165, 1.54) is 6.07 Å². The van der Waals surface area contributed by atoms with Crippen molar-refractivity contribution in [2.75, 3.05) is 6.54 Å². The minimum Gasteiger partial charge on any atom is -0.330 e.